The van der Waals surface area contributed by atoms with E-state index in [1.807, 2.05) is 18.2 Å². The van der Waals surface area contributed by atoms with Crippen molar-refractivity contribution in [2.45, 2.75) is 18.9 Å². The Kier molecular flexibility index (Phi) is 5.04. The van der Waals surface area contributed by atoms with Crippen LogP contribution in [-0.4, -0.2) is 5.11 Å². The zero-order chi connectivity index (χ0) is 14.9. The van der Waals surface area contributed by atoms with Crippen LogP contribution in [0.25, 0.3) is 0 Å². The van der Waals surface area contributed by atoms with Crippen molar-refractivity contribution in [3.63, 3.8) is 0 Å². The van der Waals surface area contributed by atoms with E-state index in [9.17, 15) is 5.11 Å². The van der Waals surface area contributed by atoms with E-state index in [2.05, 4.69) is 15.9 Å². The van der Waals surface area contributed by atoms with Gasteiger partial charge in [0.2, 0.25) is 0 Å². The summed E-state index contributed by atoms with van der Waals surface area (Å²) in [5.74, 6) is 0. The van der Waals surface area contributed by atoms with Gasteiger partial charge in [0, 0.05) is 21.5 Å². The largest absolute Gasteiger partial charge is 0.385 e. The van der Waals surface area contributed by atoms with E-state index >= 15 is 0 Å². The van der Waals surface area contributed by atoms with Gasteiger partial charge in [-0.3, -0.25) is 0 Å². The van der Waals surface area contributed by atoms with Crippen molar-refractivity contribution in [3.8, 4) is 0 Å². The summed E-state index contributed by atoms with van der Waals surface area (Å²) < 4.78 is 0.864. The van der Waals surface area contributed by atoms with Crippen LogP contribution in [0.1, 0.15) is 18.1 Å². The van der Waals surface area contributed by atoms with E-state index in [0.29, 0.717) is 27.1 Å². The van der Waals surface area contributed by atoms with E-state index in [4.69, 9.17) is 34.8 Å². The third-order valence-electron chi connectivity index (χ3n) is 3.08. The molecule has 0 aliphatic rings. The molecule has 1 unspecified atom stereocenters. The number of halogens is 4. The lowest BCUT2D eigenvalue weighted by Gasteiger charge is -2.26. The van der Waals surface area contributed by atoms with Crippen LogP contribution in [0, 0.1) is 0 Å². The highest BCUT2D eigenvalue weighted by atomic mass is 79.9. The van der Waals surface area contributed by atoms with Crippen LogP contribution in [0.2, 0.25) is 15.1 Å². The Bertz CT molecular complexity index is 641. The minimum atomic E-state index is -1.13. The van der Waals surface area contributed by atoms with Crippen LogP contribution in [-0.2, 0) is 12.0 Å². The third kappa shape index (κ3) is 3.49. The molecule has 0 spiro atoms. The lowest BCUT2D eigenvalue weighted by molar-refractivity contribution is 0.0577. The van der Waals surface area contributed by atoms with Gasteiger partial charge in [0.05, 0.1) is 15.6 Å². The molecule has 0 saturated heterocycles. The fourth-order valence-electron chi connectivity index (χ4n) is 2.08. The highest BCUT2D eigenvalue weighted by Crippen LogP contribution is 2.35. The molecule has 0 bridgehead atoms. The highest BCUT2D eigenvalue weighted by Gasteiger charge is 2.27. The smallest absolute Gasteiger partial charge is 0.0923 e. The maximum absolute atomic E-state index is 10.7. The number of hydrogen-bond donors (Lipinski definition) is 1. The van der Waals surface area contributed by atoms with Gasteiger partial charge in [-0.15, -0.1) is 0 Å². The van der Waals surface area contributed by atoms with Gasteiger partial charge in [0.1, 0.15) is 0 Å². The lowest BCUT2D eigenvalue weighted by Crippen LogP contribution is -2.25. The molecule has 0 fully saturated rings. The molecule has 0 saturated carbocycles. The summed E-state index contributed by atoms with van der Waals surface area (Å²) in [6.45, 7) is 1.71. The second-order valence-electron chi connectivity index (χ2n) is 4.79. The van der Waals surface area contributed by atoms with E-state index in [1.165, 1.54) is 0 Å². The molecule has 1 nitrogen and oxygen atoms in total. The van der Waals surface area contributed by atoms with Crippen molar-refractivity contribution in [2.75, 3.05) is 0 Å². The van der Waals surface area contributed by atoms with Crippen LogP contribution >= 0.6 is 50.7 Å². The van der Waals surface area contributed by atoms with Crippen LogP contribution in [0.15, 0.2) is 40.9 Å². The number of benzene rings is 2. The molecule has 0 aromatic heterocycles. The quantitative estimate of drug-likeness (QED) is 0.691. The Morgan fingerprint density at radius 3 is 2.45 bits per heavy atom. The lowest BCUT2D eigenvalue weighted by atomic mass is 9.89. The molecule has 0 aliphatic heterocycles. The van der Waals surface area contributed by atoms with Crippen LogP contribution in [0.3, 0.4) is 0 Å². The summed E-state index contributed by atoms with van der Waals surface area (Å²) in [4.78, 5) is 0. The Hall–Kier alpha value is -0.250. The summed E-state index contributed by atoms with van der Waals surface area (Å²) in [6.07, 6.45) is 0.327. The zero-order valence-electron chi connectivity index (χ0n) is 10.6. The molecule has 1 atom stereocenters. The van der Waals surface area contributed by atoms with E-state index in [1.54, 1.807) is 25.1 Å². The fraction of sp³-hybridized carbons (Fsp3) is 0.200. The van der Waals surface area contributed by atoms with Crippen LogP contribution in [0.4, 0.5) is 0 Å². The predicted molar refractivity (Wildman–Crippen MR) is 88.9 cm³/mol. The van der Waals surface area contributed by atoms with Gasteiger partial charge in [0.15, 0.2) is 0 Å². The molecule has 0 heterocycles. The summed E-state index contributed by atoms with van der Waals surface area (Å²) in [5.41, 5.74) is 0.299. The molecule has 0 aliphatic carbocycles. The SMILES string of the molecule is CC(O)(Cc1cccc(Cl)c1Cl)c1ccc(Br)cc1Cl. The normalized spacial score (nSPS) is 14.1. The Balaban J connectivity index is 2.38. The molecule has 1 N–H and O–H groups in total. The van der Waals surface area contributed by atoms with Gasteiger partial charge < -0.3 is 5.11 Å². The van der Waals surface area contributed by atoms with Gasteiger partial charge in [-0.1, -0.05) is 68.9 Å². The number of aliphatic hydroxyl groups is 1. The van der Waals surface area contributed by atoms with Gasteiger partial charge >= 0.3 is 0 Å². The van der Waals surface area contributed by atoms with Crippen molar-refractivity contribution in [2.24, 2.45) is 0 Å². The van der Waals surface area contributed by atoms with Crippen molar-refractivity contribution in [3.05, 3.63) is 67.1 Å². The minimum Gasteiger partial charge on any atom is -0.385 e. The zero-order valence-corrected chi connectivity index (χ0v) is 14.5. The molecule has 5 heteroatoms. The molecule has 20 heavy (non-hydrogen) atoms. The average molecular weight is 395 g/mol. The number of rotatable bonds is 3. The molecule has 0 radical (unpaired) electrons. The van der Waals surface area contributed by atoms with Crippen LogP contribution < -0.4 is 0 Å². The number of hydrogen-bond acceptors (Lipinski definition) is 1. The highest BCUT2D eigenvalue weighted by molar-refractivity contribution is 9.10. The topological polar surface area (TPSA) is 20.2 Å². The molecule has 2 aromatic carbocycles. The summed E-state index contributed by atoms with van der Waals surface area (Å²) >= 11 is 21.7. The second kappa shape index (κ2) is 6.25. The maximum Gasteiger partial charge on any atom is 0.0923 e. The van der Waals surface area contributed by atoms with Crippen molar-refractivity contribution in [1.29, 1.82) is 0 Å². The first kappa shape index (κ1) is 16.1. The maximum atomic E-state index is 10.7. The molecule has 0 amide bonds. The predicted octanol–water partition coefficient (Wildman–Crippen LogP) is 5.86. The van der Waals surface area contributed by atoms with E-state index in [-0.39, 0.29) is 0 Å². The second-order valence-corrected chi connectivity index (χ2v) is 6.90. The van der Waals surface area contributed by atoms with Gasteiger partial charge in [-0.25, -0.2) is 0 Å². The van der Waals surface area contributed by atoms with E-state index < -0.39 is 5.60 Å². The molecule has 2 rings (SSSR count). The standard InChI is InChI=1S/C15H12BrCl3O/c1-15(20,11-6-5-10(16)7-13(11)18)8-9-3-2-4-12(17)14(9)19/h2-7,20H,8H2,1H3. The first-order chi connectivity index (χ1) is 9.31. The van der Waals surface area contributed by atoms with Crippen molar-refractivity contribution in [1.82, 2.24) is 0 Å². The molecule has 2 aromatic rings. The van der Waals surface area contributed by atoms with E-state index in [0.717, 1.165) is 10.0 Å². The molecular weight excluding hydrogens is 382 g/mol. The average Bonchev–Trinajstić information content (AvgIpc) is 2.34. The van der Waals surface area contributed by atoms with Crippen LogP contribution in [0.5, 0.6) is 0 Å². The molecule has 106 valence electrons. The summed E-state index contributed by atoms with van der Waals surface area (Å²) in [5, 5.41) is 12.2. The van der Waals surface area contributed by atoms with Crippen molar-refractivity contribution >= 4 is 50.7 Å². The van der Waals surface area contributed by atoms with Gasteiger partial charge in [-0.05, 0) is 30.7 Å². The Labute approximate surface area is 141 Å². The van der Waals surface area contributed by atoms with Gasteiger partial charge in [-0.2, -0.15) is 0 Å². The summed E-state index contributed by atoms with van der Waals surface area (Å²) in [7, 11) is 0. The monoisotopic (exact) mass is 392 g/mol. The van der Waals surface area contributed by atoms with Crippen molar-refractivity contribution < 1.29 is 5.11 Å². The van der Waals surface area contributed by atoms with Gasteiger partial charge in [0.25, 0.3) is 0 Å². The third-order valence-corrected chi connectivity index (χ3v) is 4.74. The molecular formula is C15H12BrCl3O. The first-order valence-electron chi connectivity index (χ1n) is 5.92. The Morgan fingerprint density at radius 2 is 1.80 bits per heavy atom. The minimum absolute atomic E-state index is 0.327. The Morgan fingerprint density at radius 1 is 1.10 bits per heavy atom. The first-order valence-corrected chi connectivity index (χ1v) is 7.85. The fourth-order valence-corrected chi connectivity index (χ4v) is 3.34. The summed E-state index contributed by atoms with van der Waals surface area (Å²) in [6, 6.07) is 10.8.